The molecule has 0 aromatic rings. The fourth-order valence-electron chi connectivity index (χ4n) is 2.97. The Morgan fingerprint density at radius 3 is 2.21 bits per heavy atom. The Morgan fingerprint density at radius 1 is 1.21 bits per heavy atom. The van der Waals surface area contributed by atoms with Crippen LogP contribution < -0.4 is 10.6 Å². The van der Waals surface area contributed by atoms with E-state index in [1.54, 1.807) is 25.8 Å². The van der Waals surface area contributed by atoms with E-state index >= 15 is 0 Å². The summed E-state index contributed by atoms with van der Waals surface area (Å²) in [4.78, 5) is 18.5. The highest BCUT2D eigenvalue weighted by molar-refractivity contribution is 7.92. The number of ether oxygens (including phenoxy) is 2. The molecule has 29 heavy (non-hydrogen) atoms. The zero-order valence-corrected chi connectivity index (χ0v) is 20.2. The normalized spacial score (nSPS) is 23.1. The van der Waals surface area contributed by atoms with E-state index in [-0.39, 0.29) is 18.7 Å². The average molecular weight is 435 g/mol. The Kier molecular flexibility index (Phi) is 7.62. The van der Waals surface area contributed by atoms with Gasteiger partial charge in [0.25, 0.3) is 0 Å². The quantitative estimate of drug-likeness (QED) is 0.501. The molecule has 0 aromatic carbocycles. The van der Waals surface area contributed by atoms with Gasteiger partial charge in [-0.3, -0.25) is 9.89 Å². The lowest BCUT2D eigenvalue weighted by atomic mass is 10.1. The predicted octanol–water partition coefficient (Wildman–Crippen LogP) is 1.74. The van der Waals surface area contributed by atoms with Gasteiger partial charge < -0.3 is 20.1 Å². The summed E-state index contributed by atoms with van der Waals surface area (Å²) in [5.74, 6) is 0.447. The minimum Gasteiger partial charge on any atom is -0.444 e. The molecular formula is C19H38N4O5S. The van der Waals surface area contributed by atoms with E-state index in [1.807, 2.05) is 41.5 Å². The molecule has 2 unspecified atom stereocenters. The monoisotopic (exact) mass is 434 g/mol. The van der Waals surface area contributed by atoms with Gasteiger partial charge in [0.1, 0.15) is 11.3 Å². The lowest BCUT2D eigenvalue weighted by Crippen LogP contribution is -2.55. The van der Waals surface area contributed by atoms with E-state index in [0.717, 1.165) is 0 Å². The molecular weight excluding hydrogens is 396 g/mol. The molecule has 0 saturated carbocycles. The van der Waals surface area contributed by atoms with Crippen LogP contribution in [0, 0.1) is 0 Å². The first-order valence-corrected chi connectivity index (χ1v) is 11.6. The van der Waals surface area contributed by atoms with Crippen LogP contribution >= 0.6 is 0 Å². The van der Waals surface area contributed by atoms with Crippen LogP contribution in [0.3, 0.4) is 0 Å². The number of carbonyl (C=O) groups is 1. The summed E-state index contributed by atoms with van der Waals surface area (Å²) in [5.41, 5.74) is -1.44. The van der Waals surface area contributed by atoms with Gasteiger partial charge in [0.05, 0.1) is 16.9 Å². The van der Waals surface area contributed by atoms with Crippen molar-refractivity contribution in [2.24, 2.45) is 4.99 Å². The topological polar surface area (TPSA) is 109 Å². The van der Waals surface area contributed by atoms with Gasteiger partial charge in [-0.05, 0) is 55.4 Å². The first-order valence-electron chi connectivity index (χ1n) is 9.75. The van der Waals surface area contributed by atoms with Crippen molar-refractivity contribution < 1.29 is 22.7 Å². The molecule has 0 spiro atoms. The van der Waals surface area contributed by atoms with E-state index in [0.29, 0.717) is 12.5 Å². The molecule has 0 aliphatic carbocycles. The molecule has 1 aliphatic heterocycles. The maximum absolute atomic E-state index is 12.8. The van der Waals surface area contributed by atoms with Crippen molar-refractivity contribution in [2.75, 3.05) is 26.4 Å². The van der Waals surface area contributed by atoms with Crippen LogP contribution in [0.25, 0.3) is 0 Å². The highest BCUT2D eigenvalue weighted by atomic mass is 32.2. The minimum atomic E-state index is -3.23. The smallest absolute Gasteiger partial charge is 0.412 e. The predicted molar refractivity (Wildman–Crippen MR) is 115 cm³/mol. The molecule has 0 radical (unpaired) electrons. The van der Waals surface area contributed by atoms with Crippen LogP contribution in [0.4, 0.5) is 4.79 Å². The van der Waals surface area contributed by atoms with Crippen LogP contribution in [0.1, 0.15) is 55.4 Å². The second-order valence-corrected chi connectivity index (χ2v) is 12.2. The number of aliphatic imine (C=N–C) groups is 1. The number of nitrogens with one attached hydrogen (secondary N) is 2. The van der Waals surface area contributed by atoms with E-state index in [2.05, 4.69) is 15.6 Å². The highest BCUT2D eigenvalue weighted by Gasteiger charge is 2.49. The summed E-state index contributed by atoms with van der Waals surface area (Å²) in [6.45, 7) is 14.9. The molecule has 170 valence electrons. The second-order valence-electron chi connectivity index (χ2n) is 9.53. The summed E-state index contributed by atoms with van der Waals surface area (Å²) >= 11 is 0. The molecule has 10 heteroatoms. The van der Waals surface area contributed by atoms with Crippen molar-refractivity contribution in [2.45, 2.75) is 83.6 Å². The molecule has 9 nitrogen and oxygen atoms in total. The first-order chi connectivity index (χ1) is 12.9. The van der Waals surface area contributed by atoms with Gasteiger partial charge in [-0.1, -0.05) is 0 Å². The highest BCUT2D eigenvalue weighted by Crippen LogP contribution is 2.33. The number of guanidine groups is 1. The minimum absolute atomic E-state index is 0.198. The molecule has 1 rings (SSSR count). The van der Waals surface area contributed by atoms with Crippen LogP contribution in [0.5, 0.6) is 0 Å². The maximum atomic E-state index is 12.8. The third-order valence-corrected chi connectivity index (χ3v) is 7.06. The summed E-state index contributed by atoms with van der Waals surface area (Å²) in [6, 6.07) is -0.290. The maximum Gasteiger partial charge on any atom is 0.412 e. The Bertz CT molecular complexity index is 725. The molecule has 2 N–H and O–H groups in total. The number of hydrogen-bond acceptors (Lipinski definition) is 6. The van der Waals surface area contributed by atoms with E-state index < -0.39 is 32.0 Å². The number of rotatable bonds is 5. The largest absolute Gasteiger partial charge is 0.444 e. The van der Waals surface area contributed by atoms with Gasteiger partial charge in [-0.15, -0.1) is 0 Å². The van der Waals surface area contributed by atoms with Gasteiger partial charge in [0, 0.05) is 26.4 Å². The van der Waals surface area contributed by atoms with Gasteiger partial charge in [-0.2, -0.15) is 0 Å². The van der Waals surface area contributed by atoms with Crippen molar-refractivity contribution in [3.63, 3.8) is 0 Å². The fraction of sp³-hybridized carbons (Fsp3) is 0.895. The van der Waals surface area contributed by atoms with Crippen molar-refractivity contribution in [3.05, 3.63) is 0 Å². The lowest BCUT2D eigenvalue weighted by Gasteiger charge is -2.35. The van der Waals surface area contributed by atoms with Gasteiger partial charge in [0.2, 0.25) is 0 Å². The van der Waals surface area contributed by atoms with Crippen molar-refractivity contribution in [1.82, 2.24) is 15.5 Å². The number of amides is 1. The summed E-state index contributed by atoms with van der Waals surface area (Å²) < 4.78 is 34.4. The lowest BCUT2D eigenvalue weighted by molar-refractivity contribution is -0.0755. The van der Waals surface area contributed by atoms with Gasteiger partial charge >= 0.3 is 6.09 Å². The van der Waals surface area contributed by atoms with Crippen molar-refractivity contribution in [1.29, 1.82) is 0 Å². The molecule has 1 aliphatic rings. The summed E-state index contributed by atoms with van der Waals surface area (Å²) in [6.07, 6.45) is 0.541. The average Bonchev–Trinajstić information content (AvgIpc) is 2.73. The zero-order chi connectivity index (χ0) is 22.8. The molecule has 1 fully saturated rings. The molecule has 1 saturated heterocycles. The number of carbonyl (C=O) groups excluding carboxylic acids is 1. The van der Waals surface area contributed by atoms with Crippen LogP contribution in [-0.4, -0.2) is 80.0 Å². The summed E-state index contributed by atoms with van der Waals surface area (Å²) in [7, 11) is -1.63. The Hall–Kier alpha value is -1.55. The van der Waals surface area contributed by atoms with E-state index in [1.165, 1.54) is 6.26 Å². The number of sulfone groups is 1. The summed E-state index contributed by atoms with van der Waals surface area (Å²) in [5, 5.41) is 6.21. The van der Waals surface area contributed by atoms with Crippen molar-refractivity contribution in [3.8, 4) is 0 Å². The first kappa shape index (κ1) is 25.5. The standard InChI is InChI=1S/C19H38N4O5S/c1-13-14(23(19(7,8)27-13)16(24)28-17(2,3)4)11-21-15(20-9)22-12-18(5,6)29(10,25)26/h13-14H,11-12H2,1-10H3,(H2,20,21,22). The molecule has 1 amide bonds. The Balaban J connectivity index is 2.86. The Morgan fingerprint density at radius 2 is 1.76 bits per heavy atom. The molecule has 2 atom stereocenters. The SMILES string of the molecule is CN=C(NCC1C(C)OC(C)(C)N1C(=O)OC(C)(C)C)NCC(C)(C)S(C)(=O)=O. The molecule has 0 aromatic heterocycles. The molecule has 0 bridgehead atoms. The van der Waals surface area contributed by atoms with Gasteiger partial charge in [0.15, 0.2) is 15.8 Å². The Labute approximate surface area is 175 Å². The van der Waals surface area contributed by atoms with Crippen LogP contribution in [-0.2, 0) is 19.3 Å². The van der Waals surface area contributed by atoms with Gasteiger partial charge in [-0.25, -0.2) is 13.2 Å². The number of nitrogens with zero attached hydrogens (tertiary/aromatic N) is 2. The van der Waals surface area contributed by atoms with Crippen molar-refractivity contribution >= 4 is 21.9 Å². The second kappa shape index (κ2) is 8.67. The zero-order valence-electron chi connectivity index (χ0n) is 19.4. The van der Waals surface area contributed by atoms with Crippen LogP contribution in [0.2, 0.25) is 0 Å². The van der Waals surface area contributed by atoms with Crippen LogP contribution in [0.15, 0.2) is 4.99 Å². The number of hydrogen-bond donors (Lipinski definition) is 2. The van der Waals surface area contributed by atoms with E-state index in [9.17, 15) is 13.2 Å². The fourth-order valence-corrected chi connectivity index (χ4v) is 3.31. The third-order valence-electron chi connectivity index (χ3n) is 4.91. The van der Waals surface area contributed by atoms with E-state index in [4.69, 9.17) is 9.47 Å². The molecule has 1 heterocycles. The third kappa shape index (κ3) is 6.74.